The SMILES string of the molecule is CN(CCOc1ccccc1)CC(=O)NCC#N. The van der Waals surface area contributed by atoms with Crippen molar-refractivity contribution in [2.45, 2.75) is 0 Å². The van der Waals surface area contributed by atoms with Gasteiger partial charge in [0.25, 0.3) is 0 Å². The maximum atomic E-state index is 11.3. The van der Waals surface area contributed by atoms with E-state index in [4.69, 9.17) is 10.00 Å². The number of nitrogens with zero attached hydrogens (tertiary/aromatic N) is 2. The van der Waals surface area contributed by atoms with Crippen LogP contribution in [0.2, 0.25) is 0 Å². The third kappa shape index (κ3) is 5.87. The molecule has 1 N–H and O–H groups in total. The van der Waals surface area contributed by atoms with Crippen molar-refractivity contribution in [3.63, 3.8) is 0 Å². The Morgan fingerprint density at radius 1 is 1.44 bits per heavy atom. The molecule has 1 amide bonds. The number of hydrogen-bond donors (Lipinski definition) is 1. The van der Waals surface area contributed by atoms with E-state index in [1.165, 1.54) is 0 Å². The van der Waals surface area contributed by atoms with Gasteiger partial charge in [0.2, 0.25) is 5.91 Å². The lowest BCUT2D eigenvalue weighted by atomic mass is 10.3. The summed E-state index contributed by atoms with van der Waals surface area (Å²) in [5, 5.41) is 10.8. The molecule has 0 unspecified atom stereocenters. The summed E-state index contributed by atoms with van der Waals surface area (Å²) >= 11 is 0. The minimum absolute atomic E-state index is 0.0488. The molecule has 5 nitrogen and oxygen atoms in total. The van der Waals surface area contributed by atoms with Gasteiger partial charge < -0.3 is 10.1 Å². The number of nitrogens with one attached hydrogen (secondary N) is 1. The maximum absolute atomic E-state index is 11.3. The third-order valence-electron chi connectivity index (χ3n) is 2.26. The van der Waals surface area contributed by atoms with Crippen molar-refractivity contribution in [1.82, 2.24) is 10.2 Å². The van der Waals surface area contributed by atoms with Crippen LogP contribution in [0, 0.1) is 11.3 Å². The minimum Gasteiger partial charge on any atom is -0.492 e. The van der Waals surface area contributed by atoms with Crippen LogP contribution in [0.5, 0.6) is 5.75 Å². The average molecular weight is 247 g/mol. The highest BCUT2D eigenvalue weighted by Gasteiger charge is 2.05. The number of para-hydroxylation sites is 1. The lowest BCUT2D eigenvalue weighted by Gasteiger charge is -2.16. The molecule has 0 bridgehead atoms. The molecule has 0 aliphatic heterocycles. The molecule has 5 heteroatoms. The molecule has 0 aliphatic rings. The summed E-state index contributed by atoms with van der Waals surface area (Å²) in [6, 6.07) is 11.4. The lowest BCUT2D eigenvalue weighted by molar-refractivity contribution is -0.121. The summed E-state index contributed by atoms with van der Waals surface area (Å²) in [5.41, 5.74) is 0. The van der Waals surface area contributed by atoms with Gasteiger partial charge in [0.1, 0.15) is 18.9 Å². The predicted octanol–water partition coefficient (Wildman–Crippen LogP) is 0.637. The first-order valence-corrected chi connectivity index (χ1v) is 5.72. The van der Waals surface area contributed by atoms with Crippen molar-refractivity contribution in [3.05, 3.63) is 30.3 Å². The Kier molecular flexibility index (Phi) is 6.30. The molecule has 1 rings (SSSR count). The second-order valence-electron chi connectivity index (χ2n) is 3.83. The van der Waals surface area contributed by atoms with E-state index < -0.39 is 0 Å². The lowest BCUT2D eigenvalue weighted by Crippen LogP contribution is -2.37. The normalized spacial score (nSPS) is 9.83. The van der Waals surface area contributed by atoms with Crippen LogP contribution in [-0.2, 0) is 4.79 Å². The van der Waals surface area contributed by atoms with E-state index in [0.29, 0.717) is 13.2 Å². The molecule has 96 valence electrons. The second-order valence-corrected chi connectivity index (χ2v) is 3.83. The monoisotopic (exact) mass is 247 g/mol. The summed E-state index contributed by atoms with van der Waals surface area (Å²) in [6.07, 6.45) is 0. The van der Waals surface area contributed by atoms with Gasteiger partial charge in [0.05, 0.1) is 12.6 Å². The number of hydrogen-bond acceptors (Lipinski definition) is 4. The van der Waals surface area contributed by atoms with Crippen LogP contribution in [0.3, 0.4) is 0 Å². The van der Waals surface area contributed by atoms with Crippen molar-refractivity contribution in [1.29, 1.82) is 5.26 Å². The molecule has 0 aromatic heterocycles. The smallest absolute Gasteiger partial charge is 0.234 e. The van der Waals surface area contributed by atoms with E-state index in [2.05, 4.69) is 5.32 Å². The number of rotatable bonds is 7. The van der Waals surface area contributed by atoms with E-state index in [1.807, 2.05) is 48.3 Å². The number of amides is 1. The van der Waals surface area contributed by atoms with Gasteiger partial charge in [-0.15, -0.1) is 0 Å². The van der Waals surface area contributed by atoms with Gasteiger partial charge in [-0.3, -0.25) is 9.69 Å². The molecule has 0 heterocycles. The molecular weight excluding hydrogens is 230 g/mol. The van der Waals surface area contributed by atoms with Gasteiger partial charge in [-0.1, -0.05) is 18.2 Å². The fourth-order valence-corrected chi connectivity index (χ4v) is 1.35. The highest BCUT2D eigenvalue weighted by atomic mass is 16.5. The Bertz CT molecular complexity index is 400. The summed E-state index contributed by atoms with van der Waals surface area (Å²) in [4.78, 5) is 13.1. The zero-order valence-corrected chi connectivity index (χ0v) is 10.4. The topological polar surface area (TPSA) is 65.4 Å². The Morgan fingerprint density at radius 2 is 2.17 bits per heavy atom. The number of likely N-dealkylation sites (N-methyl/N-ethyl adjacent to an activating group) is 1. The standard InChI is InChI=1S/C13H17N3O2/c1-16(11-13(17)15-8-7-14)9-10-18-12-5-3-2-4-6-12/h2-6H,8-11H2,1H3,(H,15,17). The summed E-state index contributed by atoms with van der Waals surface area (Å²) < 4.78 is 5.51. The van der Waals surface area contributed by atoms with Gasteiger partial charge in [-0.05, 0) is 19.2 Å². The minimum atomic E-state index is -0.154. The zero-order valence-electron chi connectivity index (χ0n) is 10.4. The van der Waals surface area contributed by atoms with Gasteiger partial charge >= 0.3 is 0 Å². The van der Waals surface area contributed by atoms with E-state index in [1.54, 1.807) is 0 Å². The third-order valence-corrected chi connectivity index (χ3v) is 2.26. The van der Waals surface area contributed by atoms with Gasteiger partial charge in [0.15, 0.2) is 0 Å². The van der Waals surface area contributed by atoms with E-state index in [0.717, 1.165) is 5.75 Å². The van der Waals surface area contributed by atoms with Crippen LogP contribution < -0.4 is 10.1 Å². The Hall–Kier alpha value is -2.06. The zero-order chi connectivity index (χ0) is 13.2. The van der Waals surface area contributed by atoms with E-state index in [-0.39, 0.29) is 19.0 Å². The number of carbonyl (C=O) groups excluding carboxylic acids is 1. The van der Waals surface area contributed by atoms with Crippen LogP contribution in [0.25, 0.3) is 0 Å². The summed E-state index contributed by atoms with van der Waals surface area (Å²) in [7, 11) is 1.83. The molecular formula is C13H17N3O2. The van der Waals surface area contributed by atoms with Gasteiger partial charge in [0, 0.05) is 6.54 Å². The molecule has 0 radical (unpaired) electrons. The van der Waals surface area contributed by atoms with Crippen LogP contribution in [0.1, 0.15) is 0 Å². The van der Waals surface area contributed by atoms with Crippen molar-refractivity contribution in [2.24, 2.45) is 0 Å². The maximum Gasteiger partial charge on any atom is 0.234 e. The summed E-state index contributed by atoms with van der Waals surface area (Å²) in [5.74, 6) is 0.665. The molecule has 0 saturated heterocycles. The Morgan fingerprint density at radius 3 is 2.83 bits per heavy atom. The molecule has 0 saturated carbocycles. The number of nitriles is 1. The first-order chi connectivity index (χ1) is 8.72. The molecule has 0 fully saturated rings. The molecule has 0 atom stereocenters. The van der Waals surface area contributed by atoms with E-state index in [9.17, 15) is 4.79 Å². The molecule has 0 spiro atoms. The second kappa shape index (κ2) is 8.09. The van der Waals surface area contributed by atoms with Crippen molar-refractivity contribution >= 4 is 5.91 Å². The highest BCUT2D eigenvalue weighted by molar-refractivity contribution is 5.78. The Balaban J connectivity index is 2.16. The molecule has 1 aromatic rings. The van der Waals surface area contributed by atoms with Crippen LogP contribution in [-0.4, -0.2) is 44.1 Å². The van der Waals surface area contributed by atoms with Gasteiger partial charge in [-0.2, -0.15) is 5.26 Å². The molecule has 0 aliphatic carbocycles. The van der Waals surface area contributed by atoms with Crippen LogP contribution in [0.15, 0.2) is 30.3 Å². The summed E-state index contributed by atoms with van der Waals surface area (Å²) in [6.45, 7) is 1.48. The number of ether oxygens (including phenoxy) is 1. The van der Waals surface area contributed by atoms with Crippen LogP contribution >= 0.6 is 0 Å². The average Bonchev–Trinajstić information content (AvgIpc) is 2.37. The van der Waals surface area contributed by atoms with E-state index >= 15 is 0 Å². The van der Waals surface area contributed by atoms with Crippen LogP contribution in [0.4, 0.5) is 0 Å². The fourth-order valence-electron chi connectivity index (χ4n) is 1.35. The fraction of sp³-hybridized carbons (Fsp3) is 0.385. The Labute approximate surface area is 107 Å². The molecule has 1 aromatic carbocycles. The van der Waals surface area contributed by atoms with Crippen molar-refractivity contribution < 1.29 is 9.53 Å². The van der Waals surface area contributed by atoms with Crippen molar-refractivity contribution in [3.8, 4) is 11.8 Å². The molecule has 18 heavy (non-hydrogen) atoms. The largest absolute Gasteiger partial charge is 0.492 e. The van der Waals surface area contributed by atoms with Crippen molar-refractivity contribution in [2.75, 3.05) is 33.3 Å². The quantitative estimate of drug-likeness (QED) is 0.718. The number of benzene rings is 1. The predicted molar refractivity (Wildman–Crippen MR) is 68.1 cm³/mol. The first-order valence-electron chi connectivity index (χ1n) is 5.72. The number of carbonyl (C=O) groups is 1. The van der Waals surface area contributed by atoms with Gasteiger partial charge in [-0.25, -0.2) is 0 Å². The highest BCUT2D eigenvalue weighted by Crippen LogP contribution is 2.07. The first kappa shape index (κ1) is 14.0.